The zero-order valence-corrected chi connectivity index (χ0v) is 14.5. The van der Waals surface area contributed by atoms with E-state index in [-0.39, 0.29) is 21.4 Å². The molecule has 0 amide bonds. The quantitative estimate of drug-likeness (QED) is 0.528. The molecule has 0 aromatic heterocycles. The summed E-state index contributed by atoms with van der Waals surface area (Å²) in [5, 5.41) is 0. The Labute approximate surface area is 121 Å². The maximum absolute atomic E-state index is 6.26. The summed E-state index contributed by atoms with van der Waals surface area (Å²) in [5.41, 5.74) is 0.116. The third-order valence-electron chi connectivity index (χ3n) is 2.17. The number of nitrogens with one attached hydrogen (secondary N) is 1. The van der Waals surface area contributed by atoms with Crippen LogP contribution in [0.3, 0.4) is 0 Å². The van der Waals surface area contributed by atoms with Crippen LogP contribution in [0, 0.1) is 0 Å². The van der Waals surface area contributed by atoms with Crippen LogP contribution in [-0.2, 0) is 15.0 Å². The summed E-state index contributed by atoms with van der Waals surface area (Å²) in [6.45, 7) is 13.6. The highest BCUT2D eigenvalue weighted by Crippen LogP contribution is 2.12. The molecule has 1 N–H and O–H groups in total. The van der Waals surface area contributed by atoms with Crippen molar-refractivity contribution in [3.63, 3.8) is 0 Å². The van der Waals surface area contributed by atoms with Gasteiger partial charge in [0.15, 0.2) is 10.3 Å². The van der Waals surface area contributed by atoms with Crippen LogP contribution in [0.25, 0.3) is 0 Å². The van der Waals surface area contributed by atoms with Crippen molar-refractivity contribution >= 4 is 21.0 Å². The van der Waals surface area contributed by atoms with Crippen molar-refractivity contribution < 1.29 is 4.74 Å². The van der Waals surface area contributed by atoms with Gasteiger partial charge in [0.2, 0.25) is 10.7 Å². The molecule has 0 fully saturated rings. The Hall–Kier alpha value is 0.560. The van der Waals surface area contributed by atoms with E-state index < -0.39 is 0 Å². The Morgan fingerprint density at radius 1 is 0.944 bits per heavy atom. The van der Waals surface area contributed by atoms with Gasteiger partial charge in [0.1, 0.15) is 5.75 Å². The molecule has 0 aromatic carbocycles. The van der Waals surface area contributed by atoms with Crippen LogP contribution in [0.1, 0.15) is 67.2 Å². The molecule has 4 heteroatoms. The lowest BCUT2D eigenvalue weighted by atomic mass is 10.1. The van der Waals surface area contributed by atoms with Crippen LogP contribution in [-0.4, -0.2) is 23.5 Å². The van der Waals surface area contributed by atoms with Gasteiger partial charge >= 0.3 is 0 Å². The summed E-state index contributed by atoms with van der Waals surface area (Å²) < 4.78 is 9.10. The summed E-state index contributed by atoms with van der Waals surface area (Å²) in [5.74, 6) is 1.07. The molecule has 110 valence electrons. The van der Waals surface area contributed by atoms with Gasteiger partial charge in [-0.3, -0.25) is 0 Å². The summed E-state index contributed by atoms with van der Waals surface area (Å²) in [4.78, 5) is 0. The van der Waals surface area contributed by atoms with E-state index in [1.54, 1.807) is 0 Å². The highest BCUT2D eigenvalue weighted by atomic mass is 35.7. The molecule has 1 atom stereocenters. The number of hydrogen-bond donors (Lipinski definition) is 1. The SMILES string of the molecule is CC(C)(C)N[S+](Cl)CCCCCCOC(C)(C)C. The highest BCUT2D eigenvalue weighted by molar-refractivity contribution is 8.16. The Kier molecular flexibility index (Phi) is 8.95. The lowest BCUT2D eigenvalue weighted by Crippen LogP contribution is -2.39. The number of ether oxygens (including phenoxy) is 1. The average molecular weight is 297 g/mol. The first-order valence-electron chi connectivity index (χ1n) is 6.89. The van der Waals surface area contributed by atoms with E-state index in [1.165, 1.54) is 19.3 Å². The second-order valence-corrected chi connectivity index (χ2v) is 9.15. The van der Waals surface area contributed by atoms with Crippen LogP contribution in [0.2, 0.25) is 0 Å². The second kappa shape index (κ2) is 8.68. The van der Waals surface area contributed by atoms with Crippen LogP contribution >= 0.6 is 10.7 Å². The minimum atomic E-state index is -0.170. The molecule has 0 aliphatic carbocycles. The van der Waals surface area contributed by atoms with Crippen molar-refractivity contribution in [2.45, 2.75) is 78.4 Å². The Morgan fingerprint density at radius 2 is 1.50 bits per heavy atom. The minimum Gasteiger partial charge on any atom is -0.376 e. The molecule has 0 bridgehead atoms. The van der Waals surface area contributed by atoms with Gasteiger partial charge in [0.05, 0.1) is 11.1 Å². The zero-order chi connectivity index (χ0) is 14.2. The summed E-state index contributed by atoms with van der Waals surface area (Å²) in [6.07, 6.45) is 4.83. The number of hydrogen-bond acceptors (Lipinski definition) is 2. The fraction of sp³-hybridized carbons (Fsp3) is 1.00. The first-order chi connectivity index (χ1) is 8.10. The summed E-state index contributed by atoms with van der Waals surface area (Å²) >= 11 is 0. The third kappa shape index (κ3) is 14.6. The van der Waals surface area contributed by atoms with E-state index in [2.05, 4.69) is 46.3 Å². The number of unbranched alkanes of at least 4 members (excludes halogenated alkanes) is 3. The molecule has 0 radical (unpaired) electrons. The Balaban J connectivity index is 3.36. The predicted molar refractivity (Wildman–Crippen MR) is 85.1 cm³/mol. The molecule has 0 saturated heterocycles. The van der Waals surface area contributed by atoms with Gasteiger partial charge in [-0.05, 0) is 60.8 Å². The Bertz CT molecular complexity index is 211. The zero-order valence-electron chi connectivity index (χ0n) is 12.9. The van der Waals surface area contributed by atoms with Crippen molar-refractivity contribution in [1.29, 1.82) is 0 Å². The van der Waals surface area contributed by atoms with Gasteiger partial charge in [-0.2, -0.15) is 0 Å². The maximum Gasteiger partial charge on any atom is 0.201 e. The van der Waals surface area contributed by atoms with Gasteiger partial charge in [0.25, 0.3) is 0 Å². The standard InChI is InChI=1S/C14H31ClNOS/c1-13(2,3)16-18(15)12-10-8-7-9-11-17-14(4,5)6/h16H,7-12H2,1-6H3/q+1. The van der Waals surface area contributed by atoms with E-state index in [0.29, 0.717) is 0 Å². The molecule has 1 unspecified atom stereocenters. The summed E-state index contributed by atoms with van der Waals surface area (Å²) in [6, 6.07) is 0. The predicted octanol–water partition coefficient (Wildman–Crippen LogP) is 4.44. The third-order valence-corrected chi connectivity index (χ3v) is 4.35. The second-order valence-electron chi connectivity index (χ2n) is 6.76. The van der Waals surface area contributed by atoms with Crippen molar-refractivity contribution in [3.8, 4) is 0 Å². The molecule has 0 aliphatic heterocycles. The van der Waals surface area contributed by atoms with E-state index in [0.717, 1.165) is 18.8 Å². The van der Waals surface area contributed by atoms with Crippen LogP contribution in [0.4, 0.5) is 0 Å². The van der Waals surface area contributed by atoms with Crippen LogP contribution in [0.5, 0.6) is 0 Å². The monoisotopic (exact) mass is 296 g/mol. The fourth-order valence-electron chi connectivity index (χ4n) is 1.45. The summed E-state index contributed by atoms with van der Waals surface area (Å²) in [7, 11) is 6.09. The van der Waals surface area contributed by atoms with Gasteiger partial charge in [-0.1, -0.05) is 6.42 Å². The normalized spacial score (nSPS) is 14.8. The molecule has 18 heavy (non-hydrogen) atoms. The molecule has 0 spiro atoms. The number of halogens is 1. The van der Waals surface area contributed by atoms with Crippen molar-refractivity contribution in [2.75, 3.05) is 12.4 Å². The van der Waals surface area contributed by atoms with Gasteiger partial charge in [-0.25, -0.2) is 0 Å². The molecular weight excluding hydrogens is 266 g/mol. The maximum atomic E-state index is 6.26. The molecular formula is C14H31ClNOS+. The van der Waals surface area contributed by atoms with Crippen molar-refractivity contribution in [2.24, 2.45) is 0 Å². The van der Waals surface area contributed by atoms with Gasteiger partial charge in [-0.15, -0.1) is 4.72 Å². The van der Waals surface area contributed by atoms with E-state index >= 15 is 0 Å². The minimum absolute atomic E-state index is 0.000749. The Morgan fingerprint density at radius 3 is 2.00 bits per heavy atom. The first kappa shape index (κ1) is 18.6. The lowest BCUT2D eigenvalue weighted by Gasteiger charge is -2.19. The molecule has 0 aliphatic rings. The fourth-order valence-corrected chi connectivity index (χ4v) is 3.69. The van der Waals surface area contributed by atoms with E-state index in [9.17, 15) is 0 Å². The lowest BCUT2D eigenvalue weighted by molar-refractivity contribution is -0.00470. The number of rotatable bonds is 8. The highest BCUT2D eigenvalue weighted by Gasteiger charge is 2.23. The molecule has 2 nitrogen and oxygen atoms in total. The van der Waals surface area contributed by atoms with Gasteiger partial charge < -0.3 is 4.74 Å². The van der Waals surface area contributed by atoms with Crippen LogP contribution < -0.4 is 4.72 Å². The molecule has 0 rings (SSSR count). The van der Waals surface area contributed by atoms with Gasteiger partial charge in [0, 0.05) is 6.61 Å². The smallest absolute Gasteiger partial charge is 0.201 e. The average Bonchev–Trinajstić information content (AvgIpc) is 2.11. The molecule has 0 aromatic rings. The van der Waals surface area contributed by atoms with Crippen LogP contribution in [0.15, 0.2) is 0 Å². The van der Waals surface area contributed by atoms with E-state index in [4.69, 9.17) is 15.4 Å². The molecule has 0 saturated carbocycles. The largest absolute Gasteiger partial charge is 0.376 e. The topological polar surface area (TPSA) is 21.3 Å². The van der Waals surface area contributed by atoms with Crippen molar-refractivity contribution in [3.05, 3.63) is 0 Å². The first-order valence-corrected chi connectivity index (χ1v) is 9.11. The van der Waals surface area contributed by atoms with Crippen molar-refractivity contribution in [1.82, 2.24) is 4.72 Å². The molecule has 0 heterocycles. The van der Waals surface area contributed by atoms with E-state index in [1.807, 2.05) is 0 Å².